The molecular formula is C13H17BrN4O2. The molecule has 6 nitrogen and oxygen atoms in total. The van der Waals surface area contributed by atoms with Crippen LogP contribution in [0.25, 0.3) is 0 Å². The number of rotatable bonds is 4. The molecule has 0 fully saturated rings. The Bertz CT molecular complexity index is 742. The second kappa shape index (κ2) is 5.78. The molecule has 2 rings (SSSR count). The van der Waals surface area contributed by atoms with Crippen LogP contribution in [0.4, 0.5) is 0 Å². The van der Waals surface area contributed by atoms with Crippen LogP contribution in [-0.2, 0) is 26.6 Å². The first-order chi connectivity index (χ1) is 9.49. The third-order valence-electron chi connectivity index (χ3n) is 3.29. The smallest absolute Gasteiger partial charge is 0.301 e. The van der Waals surface area contributed by atoms with Gasteiger partial charge in [-0.3, -0.25) is 14.0 Å². The zero-order valence-electron chi connectivity index (χ0n) is 11.8. The second-order valence-electron chi connectivity index (χ2n) is 4.49. The van der Waals surface area contributed by atoms with E-state index in [1.165, 1.54) is 21.4 Å². The van der Waals surface area contributed by atoms with E-state index in [0.29, 0.717) is 6.54 Å². The van der Waals surface area contributed by atoms with E-state index in [4.69, 9.17) is 0 Å². The summed E-state index contributed by atoms with van der Waals surface area (Å²) < 4.78 is 5.30. The lowest BCUT2D eigenvalue weighted by molar-refractivity contribution is 0.574. The number of nitrogens with zero attached hydrogens (tertiary/aromatic N) is 4. The quantitative estimate of drug-likeness (QED) is 0.838. The number of halogens is 1. The third kappa shape index (κ3) is 2.49. The zero-order valence-corrected chi connectivity index (χ0v) is 13.3. The van der Waals surface area contributed by atoms with Crippen LogP contribution in [0.5, 0.6) is 0 Å². The van der Waals surface area contributed by atoms with E-state index < -0.39 is 0 Å². The Labute approximate surface area is 124 Å². The van der Waals surface area contributed by atoms with Gasteiger partial charge < -0.3 is 4.57 Å². The first kappa shape index (κ1) is 14.8. The van der Waals surface area contributed by atoms with Crippen molar-refractivity contribution >= 4 is 15.9 Å². The number of aryl methyl sites for hydroxylation is 3. The molecule has 20 heavy (non-hydrogen) atoms. The van der Waals surface area contributed by atoms with Gasteiger partial charge in [-0.1, -0.05) is 6.92 Å². The summed E-state index contributed by atoms with van der Waals surface area (Å²) in [6, 6.07) is 1.41. The Morgan fingerprint density at radius 1 is 1.30 bits per heavy atom. The molecule has 0 saturated heterocycles. The van der Waals surface area contributed by atoms with Gasteiger partial charge in [0.05, 0.1) is 22.4 Å². The first-order valence-corrected chi connectivity index (χ1v) is 7.29. The maximum Gasteiger partial charge on any atom is 0.331 e. The van der Waals surface area contributed by atoms with E-state index in [1.807, 2.05) is 20.9 Å². The highest BCUT2D eigenvalue weighted by Gasteiger charge is 2.15. The predicted molar refractivity (Wildman–Crippen MR) is 80.0 cm³/mol. The molecule has 0 radical (unpaired) electrons. The maximum atomic E-state index is 12.2. The normalized spacial score (nSPS) is 11.0. The minimum Gasteiger partial charge on any atom is -0.301 e. The van der Waals surface area contributed by atoms with E-state index in [-0.39, 0.29) is 17.8 Å². The Kier molecular flexibility index (Phi) is 4.27. The van der Waals surface area contributed by atoms with Gasteiger partial charge in [-0.25, -0.2) is 4.79 Å². The molecule has 0 aliphatic rings. The SMILES string of the molecule is CCc1nn(C)c(Cn2c(=O)ccn(CC)c2=O)c1Br. The average molecular weight is 341 g/mol. The molecular weight excluding hydrogens is 324 g/mol. The van der Waals surface area contributed by atoms with Crippen molar-refractivity contribution in [2.45, 2.75) is 33.4 Å². The summed E-state index contributed by atoms with van der Waals surface area (Å²) in [5, 5.41) is 4.37. The minimum absolute atomic E-state index is 0.211. The Hall–Kier alpha value is -1.63. The molecule has 0 aliphatic heterocycles. The molecule has 0 aromatic carbocycles. The molecule has 0 spiro atoms. The summed E-state index contributed by atoms with van der Waals surface area (Å²) in [5.41, 5.74) is 1.13. The predicted octanol–water partition coefficient (Wildman–Crippen LogP) is 1.14. The van der Waals surface area contributed by atoms with Gasteiger partial charge in [-0.05, 0) is 29.3 Å². The van der Waals surface area contributed by atoms with Crippen molar-refractivity contribution in [3.8, 4) is 0 Å². The fraction of sp³-hybridized carbons (Fsp3) is 0.462. The Morgan fingerprint density at radius 3 is 2.55 bits per heavy atom. The fourth-order valence-corrected chi connectivity index (χ4v) is 2.83. The second-order valence-corrected chi connectivity index (χ2v) is 5.29. The summed E-state index contributed by atoms with van der Waals surface area (Å²) in [6.07, 6.45) is 2.31. The lowest BCUT2D eigenvalue weighted by Crippen LogP contribution is -2.39. The van der Waals surface area contributed by atoms with Crippen molar-refractivity contribution in [1.29, 1.82) is 0 Å². The highest BCUT2D eigenvalue weighted by atomic mass is 79.9. The maximum absolute atomic E-state index is 12.2. The summed E-state index contributed by atoms with van der Waals surface area (Å²) in [6.45, 7) is 4.62. The van der Waals surface area contributed by atoms with Crippen LogP contribution in [0.2, 0.25) is 0 Å². The molecule has 0 atom stereocenters. The number of hydrogen-bond donors (Lipinski definition) is 0. The third-order valence-corrected chi connectivity index (χ3v) is 4.21. The van der Waals surface area contributed by atoms with E-state index in [9.17, 15) is 9.59 Å². The highest BCUT2D eigenvalue weighted by molar-refractivity contribution is 9.10. The van der Waals surface area contributed by atoms with Gasteiger partial charge in [0.1, 0.15) is 0 Å². The molecule has 0 unspecified atom stereocenters. The summed E-state index contributed by atoms with van der Waals surface area (Å²) in [5.74, 6) is 0. The van der Waals surface area contributed by atoms with E-state index in [0.717, 1.165) is 22.3 Å². The van der Waals surface area contributed by atoms with Crippen molar-refractivity contribution < 1.29 is 0 Å². The van der Waals surface area contributed by atoms with Crippen LogP contribution in [0.3, 0.4) is 0 Å². The molecule has 108 valence electrons. The zero-order chi connectivity index (χ0) is 14.9. The van der Waals surface area contributed by atoms with Crippen molar-refractivity contribution in [2.24, 2.45) is 7.05 Å². The van der Waals surface area contributed by atoms with E-state index in [2.05, 4.69) is 21.0 Å². The molecule has 0 amide bonds. The van der Waals surface area contributed by atoms with Crippen LogP contribution < -0.4 is 11.2 Å². The van der Waals surface area contributed by atoms with Crippen molar-refractivity contribution in [2.75, 3.05) is 0 Å². The van der Waals surface area contributed by atoms with Crippen LogP contribution in [0.15, 0.2) is 26.3 Å². The Balaban J connectivity index is 2.53. The van der Waals surface area contributed by atoms with E-state index >= 15 is 0 Å². The van der Waals surface area contributed by atoms with Crippen molar-refractivity contribution in [3.05, 3.63) is 49.0 Å². The molecule has 0 bridgehead atoms. The molecule has 2 aromatic heterocycles. The van der Waals surface area contributed by atoms with Crippen LogP contribution in [-0.4, -0.2) is 18.9 Å². The van der Waals surface area contributed by atoms with Gasteiger partial charge in [0, 0.05) is 25.9 Å². The van der Waals surface area contributed by atoms with Gasteiger partial charge >= 0.3 is 5.69 Å². The van der Waals surface area contributed by atoms with Crippen molar-refractivity contribution in [1.82, 2.24) is 18.9 Å². The van der Waals surface area contributed by atoms with Crippen LogP contribution >= 0.6 is 15.9 Å². The van der Waals surface area contributed by atoms with Gasteiger partial charge in [-0.15, -0.1) is 0 Å². The summed E-state index contributed by atoms with van der Waals surface area (Å²) >= 11 is 3.50. The summed E-state index contributed by atoms with van der Waals surface area (Å²) in [7, 11) is 1.81. The molecule has 2 heterocycles. The van der Waals surface area contributed by atoms with Gasteiger partial charge in [-0.2, -0.15) is 5.10 Å². The van der Waals surface area contributed by atoms with E-state index in [1.54, 1.807) is 4.68 Å². The molecule has 2 aromatic rings. The Morgan fingerprint density at radius 2 is 2.00 bits per heavy atom. The van der Waals surface area contributed by atoms with Crippen LogP contribution in [0.1, 0.15) is 25.2 Å². The average Bonchev–Trinajstić information content (AvgIpc) is 2.70. The number of hydrogen-bond acceptors (Lipinski definition) is 3. The van der Waals surface area contributed by atoms with Gasteiger partial charge in [0.25, 0.3) is 5.56 Å². The lowest BCUT2D eigenvalue weighted by atomic mass is 10.3. The standard InChI is InChI=1S/C13H17BrN4O2/c1-4-9-12(14)10(16(3)15-9)8-18-11(19)6-7-17(5-2)13(18)20/h6-7H,4-5,8H2,1-3H3. The molecule has 7 heteroatoms. The van der Waals surface area contributed by atoms with Gasteiger partial charge in [0.2, 0.25) is 0 Å². The molecule has 0 N–H and O–H groups in total. The van der Waals surface area contributed by atoms with Crippen molar-refractivity contribution in [3.63, 3.8) is 0 Å². The number of aromatic nitrogens is 4. The highest BCUT2D eigenvalue weighted by Crippen LogP contribution is 2.21. The minimum atomic E-state index is -0.300. The fourth-order valence-electron chi connectivity index (χ4n) is 2.08. The first-order valence-electron chi connectivity index (χ1n) is 6.50. The van der Waals surface area contributed by atoms with Crippen LogP contribution in [0, 0.1) is 0 Å². The van der Waals surface area contributed by atoms with Gasteiger partial charge in [0.15, 0.2) is 0 Å². The largest absolute Gasteiger partial charge is 0.331 e. The molecule has 0 saturated carbocycles. The molecule has 0 aliphatic carbocycles. The summed E-state index contributed by atoms with van der Waals surface area (Å²) in [4.78, 5) is 24.1. The monoisotopic (exact) mass is 340 g/mol. The lowest BCUT2D eigenvalue weighted by Gasteiger charge is -2.08. The topological polar surface area (TPSA) is 61.8 Å².